The minimum Gasteiger partial charge on any atom is -0.454 e. The van der Waals surface area contributed by atoms with Crippen LogP contribution in [0.5, 0.6) is 11.5 Å². The summed E-state index contributed by atoms with van der Waals surface area (Å²) in [5, 5.41) is 5.81. The van der Waals surface area contributed by atoms with Gasteiger partial charge < -0.3 is 24.8 Å². The van der Waals surface area contributed by atoms with Gasteiger partial charge in [-0.15, -0.1) is 0 Å². The smallest absolute Gasteiger partial charge is 0.274 e. The average Bonchev–Trinajstić information content (AvgIpc) is 3.03. The molecular formula is C15H16N4O4. The van der Waals surface area contributed by atoms with Crippen LogP contribution in [0, 0.1) is 0 Å². The number of amides is 1. The first-order valence-electron chi connectivity index (χ1n) is 7.02. The molecule has 2 N–H and O–H groups in total. The zero-order valence-electron chi connectivity index (χ0n) is 12.5. The quantitative estimate of drug-likeness (QED) is 0.780. The minimum absolute atomic E-state index is 0.190. The third kappa shape index (κ3) is 3.67. The Morgan fingerprint density at radius 3 is 3.00 bits per heavy atom. The van der Waals surface area contributed by atoms with Crippen LogP contribution in [-0.4, -0.2) is 42.9 Å². The highest BCUT2D eigenvalue weighted by molar-refractivity contribution is 6.03. The van der Waals surface area contributed by atoms with Gasteiger partial charge in [-0.1, -0.05) is 0 Å². The van der Waals surface area contributed by atoms with E-state index in [1.165, 1.54) is 6.33 Å². The number of rotatable bonds is 6. The molecule has 0 unspecified atom stereocenters. The van der Waals surface area contributed by atoms with E-state index in [4.69, 9.17) is 14.2 Å². The number of carbonyl (C=O) groups excluding carboxylic acids is 1. The fourth-order valence-electron chi connectivity index (χ4n) is 2.03. The summed E-state index contributed by atoms with van der Waals surface area (Å²) in [7, 11) is 1.62. The maximum absolute atomic E-state index is 12.3. The lowest BCUT2D eigenvalue weighted by Crippen LogP contribution is -2.15. The van der Waals surface area contributed by atoms with Crippen LogP contribution in [0.25, 0.3) is 0 Å². The van der Waals surface area contributed by atoms with Crippen LogP contribution in [0.4, 0.5) is 11.5 Å². The zero-order chi connectivity index (χ0) is 16.1. The van der Waals surface area contributed by atoms with Crippen molar-refractivity contribution in [2.45, 2.75) is 0 Å². The van der Waals surface area contributed by atoms with Crippen molar-refractivity contribution in [2.24, 2.45) is 0 Å². The number of hydrogen-bond acceptors (Lipinski definition) is 7. The van der Waals surface area contributed by atoms with Crippen molar-refractivity contribution < 1.29 is 19.0 Å². The van der Waals surface area contributed by atoms with Crippen LogP contribution in [0.3, 0.4) is 0 Å². The molecule has 1 aromatic heterocycles. The summed E-state index contributed by atoms with van der Waals surface area (Å²) in [6.45, 7) is 1.33. The van der Waals surface area contributed by atoms with Gasteiger partial charge in [0.1, 0.15) is 17.8 Å². The SMILES string of the molecule is COCCNc1cc(C(=O)Nc2ccc3c(c2)OCO3)ncn1. The number of aromatic nitrogens is 2. The van der Waals surface area contributed by atoms with E-state index in [0.717, 1.165) is 0 Å². The summed E-state index contributed by atoms with van der Waals surface area (Å²) in [4.78, 5) is 20.3. The first-order valence-corrected chi connectivity index (χ1v) is 7.02. The topological polar surface area (TPSA) is 94.6 Å². The molecule has 1 amide bonds. The standard InChI is InChI=1S/C15H16N4O4/c1-21-5-4-16-14-7-11(17-8-18-14)15(20)19-10-2-3-12-13(6-10)23-9-22-12/h2-3,6-8H,4-5,9H2,1H3,(H,19,20)(H,16,17,18). The van der Waals surface area contributed by atoms with Crippen molar-refractivity contribution in [1.29, 1.82) is 0 Å². The van der Waals surface area contributed by atoms with Crippen molar-refractivity contribution in [2.75, 3.05) is 37.7 Å². The van der Waals surface area contributed by atoms with Crippen molar-refractivity contribution in [1.82, 2.24) is 9.97 Å². The van der Waals surface area contributed by atoms with E-state index in [-0.39, 0.29) is 18.4 Å². The predicted molar refractivity (Wildman–Crippen MR) is 82.9 cm³/mol. The van der Waals surface area contributed by atoms with E-state index in [1.54, 1.807) is 31.4 Å². The highest BCUT2D eigenvalue weighted by Crippen LogP contribution is 2.34. The van der Waals surface area contributed by atoms with E-state index in [2.05, 4.69) is 20.6 Å². The van der Waals surface area contributed by atoms with Crippen molar-refractivity contribution >= 4 is 17.4 Å². The van der Waals surface area contributed by atoms with Gasteiger partial charge in [0.2, 0.25) is 6.79 Å². The predicted octanol–water partition coefficient (Wildman–Crippen LogP) is 1.52. The summed E-state index contributed by atoms with van der Waals surface area (Å²) < 4.78 is 15.5. The van der Waals surface area contributed by atoms with Gasteiger partial charge in [-0.25, -0.2) is 9.97 Å². The van der Waals surface area contributed by atoms with Gasteiger partial charge in [-0.05, 0) is 12.1 Å². The lowest BCUT2D eigenvalue weighted by Gasteiger charge is -2.08. The Balaban J connectivity index is 1.67. The van der Waals surface area contributed by atoms with Crippen LogP contribution in [0.1, 0.15) is 10.5 Å². The third-order valence-electron chi connectivity index (χ3n) is 3.14. The molecule has 1 aliphatic rings. The molecule has 0 aliphatic carbocycles. The lowest BCUT2D eigenvalue weighted by atomic mass is 10.2. The van der Waals surface area contributed by atoms with E-state index < -0.39 is 0 Å². The van der Waals surface area contributed by atoms with E-state index in [1.807, 2.05) is 0 Å². The number of ether oxygens (including phenoxy) is 3. The Kier molecular flexibility index (Phi) is 4.53. The molecule has 3 rings (SSSR count). The van der Waals surface area contributed by atoms with Gasteiger partial charge in [0, 0.05) is 31.5 Å². The van der Waals surface area contributed by atoms with Gasteiger partial charge in [-0.3, -0.25) is 4.79 Å². The highest BCUT2D eigenvalue weighted by atomic mass is 16.7. The number of carbonyl (C=O) groups is 1. The Labute approximate surface area is 132 Å². The Morgan fingerprint density at radius 1 is 1.26 bits per heavy atom. The highest BCUT2D eigenvalue weighted by Gasteiger charge is 2.15. The van der Waals surface area contributed by atoms with Crippen molar-refractivity contribution in [3.8, 4) is 11.5 Å². The average molecular weight is 316 g/mol. The molecule has 1 aromatic carbocycles. The molecular weight excluding hydrogens is 300 g/mol. The van der Waals surface area contributed by atoms with E-state index >= 15 is 0 Å². The second-order valence-electron chi connectivity index (χ2n) is 4.73. The summed E-state index contributed by atoms with van der Waals surface area (Å²) in [5.74, 6) is 1.50. The van der Waals surface area contributed by atoms with Gasteiger partial charge in [0.05, 0.1) is 6.61 Å². The molecule has 120 valence electrons. The van der Waals surface area contributed by atoms with Gasteiger partial charge in [0.15, 0.2) is 11.5 Å². The number of fused-ring (bicyclic) bond motifs is 1. The Bertz CT molecular complexity index is 708. The first kappa shape index (κ1) is 15.0. The number of nitrogens with one attached hydrogen (secondary N) is 2. The van der Waals surface area contributed by atoms with Gasteiger partial charge in [-0.2, -0.15) is 0 Å². The fourth-order valence-corrected chi connectivity index (χ4v) is 2.03. The Hall–Kier alpha value is -2.87. The van der Waals surface area contributed by atoms with Crippen molar-refractivity contribution in [3.05, 3.63) is 36.3 Å². The number of methoxy groups -OCH3 is 1. The second kappa shape index (κ2) is 6.93. The fraction of sp³-hybridized carbons (Fsp3) is 0.267. The maximum Gasteiger partial charge on any atom is 0.274 e. The zero-order valence-corrected chi connectivity index (χ0v) is 12.5. The number of nitrogens with zero attached hydrogens (tertiary/aromatic N) is 2. The summed E-state index contributed by atoms with van der Waals surface area (Å²) in [5.41, 5.74) is 0.865. The molecule has 0 fully saturated rings. The molecule has 0 radical (unpaired) electrons. The molecule has 1 aliphatic heterocycles. The molecule has 23 heavy (non-hydrogen) atoms. The van der Waals surface area contributed by atoms with E-state index in [0.29, 0.717) is 36.2 Å². The third-order valence-corrected chi connectivity index (χ3v) is 3.14. The van der Waals surface area contributed by atoms with Crippen LogP contribution < -0.4 is 20.1 Å². The Morgan fingerprint density at radius 2 is 2.13 bits per heavy atom. The lowest BCUT2D eigenvalue weighted by molar-refractivity contribution is 0.102. The monoisotopic (exact) mass is 316 g/mol. The van der Waals surface area contributed by atoms with Crippen LogP contribution in [0.15, 0.2) is 30.6 Å². The minimum atomic E-state index is -0.332. The van der Waals surface area contributed by atoms with Gasteiger partial charge in [0.25, 0.3) is 5.91 Å². The van der Waals surface area contributed by atoms with E-state index in [9.17, 15) is 4.79 Å². The largest absolute Gasteiger partial charge is 0.454 e. The first-order chi connectivity index (χ1) is 11.3. The summed E-state index contributed by atoms with van der Waals surface area (Å²) >= 11 is 0. The number of benzene rings is 1. The maximum atomic E-state index is 12.3. The van der Waals surface area contributed by atoms with Crippen molar-refractivity contribution in [3.63, 3.8) is 0 Å². The van der Waals surface area contributed by atoms with Gasteiger partial charge >= 0.3 is 0 Å². The molecule has 0 atom stereocenters. The molecule has 0 bridgehead atoms. The molecule has 0 saturated heterocycles. The van der Waals surface area contributed by atoms with Crippen LogP contribution in [0.2, 0.25) is 0 Å². The summed E-state index contributed by atoms with van der Waals surface area (Å²) in [6.07, 6.45) is 1.34. The number of hydrogen-bond donors (Lipinski definition) is 2. The molecule has 0 saturated carbocycles. The molecule has 8 nitrogen and oxygen atoms in total. The normalized spacial score (nSPS) is 12.0. The van der Waals surface area contributed by atoms with Crippen LogP contribution in [-0.2, 0) is 4.74 Å². The second-order valence-corrected chi connectivity index (χ2v) is 4.73. The van der Waals surface area contributed by atoms with Crippen LogP contribution >= 0.6 is 0 Å². The molecule has 2 aromatic rings. The molecule has 8 heteroatoms. The summed E-state index contributed by atoms with van der Waals surface area (Å²) in [6, 6.07) is 6.77. The number of anilines is 2. The molecule has 2 heterocycles. The molecule has 0 spiro atoms.